The molecule has 19 heavy (non-hydrogen) atoms. The molecule has 2 unspecified atom stereocenters. The lowest BCUT2D eigenvalue weighted by atomic mass is 10.1. The van der Waals surface area contributed by atoms with Gasteiger partial charge in [-0.2, -0.15) is 0 Å². The quantitative estimate of drug-likeness (QED) is 0.654. The second-order valence-electron chi connectivity index (χ2n) is 5.69. The molecule has 1 saturated heterocycles. The van der Waals surface area contributed by atoms with Crippen LogP contribution in [0.3, 0.4) is 0 Å². The molecular formula is C15H30N2O2. The van der Waals surface area contributed by atoms with Gasteiger partial charge >= 0.3 is 0 Å². The molecule has 0 spiro atoms. The third-order valence-corrected chi connectivity index (χ3v) is 3.56. The Morgan fingerprint density at radius 2 is 2.00 bits per heavy atom. The van der Waals surface area contributed by atoms with Crippen molar-refractivity contribution < 1.29 is 9.53 Å². The Labute approximate surface area is 117 Å². The Morgan fingerprint density at radius 1 is 1.26 bits per heavy atom. The average Bonchev–Trinajstić information content (AvgIpc) is 2.67. The monoisotopic (exact) mass is 270 g/mol. The van der Waals surface area contributed by atoms with Crippen LogP contribution in [0.2, 0.25) is 0 Å². The second kappa shape index (κ2) is 8.54. The van der Waals surface area contributed by atoms with Crippen LogP contribution in [0, 0.1) is 5.92 Å². The number of ether oxygens (including phenoxy) is 1. The minimum atomic E-state index is -0.00638. The fourth-order valence-electron chi connectivity index (χ4n) is 2.54. The van der Waals surface area contributed by atoms with E-state index in [0.29, 0.717) is 5.92 Å². The minimum Gasteiger partial charge on any atom is -0.381 e. The van der Waals surface area contributed by atoms with Gasteiger partial charge in [0, 0.05) is 19.8 Å². The van der Waals surface area contributed by atoms with E-state index in [9.17, 15) is 4.79 Å². The summed E-state index contributed by atoms with van der Waals surface area (Å²) in [7, 11) is 0. The van der Waals surface area contributed by atoms with Gasteiger partial charge in [0.05, 0.1) is 12.2 Å². The zero-order chi connectivity index (χ0) is 14.3. The smallest absolute Gasteiger partial charge is 0.241 e. The Hall–Kier alpha value is -0.610. The highest BCUT2D eigenvalue weighted by molar-refractivity contribution is 5.84. The number of amides is 1. The van der Waals surface area contributed by atoms with E-state index in [0.717, 1.165) is 45.4 Å². The summed E-state index contributed by atoms with van der Waals surface area (Å²) >= 11 is 0. The first-order valence-corrected chi connectivity index (χ1v) is 7.76. The van der Waals surface area contributed by atoms with E-state index in [2.05, 4.69) is 33.0 Å². The maximum absolute atomic E-state index is 12.4. The van der Waals surface area contributed by atoms with E-state index >= 15 is 0 Å². The molecule has 1 rings (SSSR count). The van der Waals surface area contributed by atoms with Crippen LogP contribution in [-0.2, 0) is 9.53 Å². The number of carbonyl (C=O) groups excluding carboxylic acids is 1. The first kappa shape index (κ1) is 16.4. The molecule has 0 radical (unpaired) electrons. The SMILES string of the molecule is CCCOCCCN1C(=O)C(C(C)C)NC1CCC. The molecule has 4 nitrogen and oxygen atoms in total. The molecule has 1 aliphatic rings. The van der Waals surface area contributed by atoms with Gasteiger partial charge in [0.2, 0.25) is 5.91 Å². The summed E-state index contributed by atoms with van der Waals surface area (Å²) in [4.78, 5) is 14.4. The van der Waals surface area contributed by atoms with E-state index in [4.69, 9.17) is 4.74 Å². The van der Waals surface area contributed by atoms with Crippen LogP contribution in [0.1, 0.15) is 53.4 Å². The van der Waals surface area contributed by atoms with Crippen molar-refractivity contribution in [2.75, 3.05) is 19.8 Å². The van der Waals surface area contributed by atoms with E-state index < -0.39 is 0 Å². The Bertz CT molecular complexity index is 269. The summed E-state index contributed by atoms with van der Waals surface area (Å²) in [6, 6.07) is -0.00638. The summed E-state index contributed by atoms with van der Waals surface area (Å²) in [5.41, 5.74) is 0. The number of nitrogens with zero attached hydrogens (tertiary/aromatic N) is 1. The van der Waals surface area contributed by atoms with Crippen molar-refractivity contribution in [2.24, 2.45) is 5.92 Å². The molecule has 0 bridgehead atoms. The Morgan fingerprint density at radius 3 is 2.58 bits per heavy atom. The fourth-order valence-corrected chi connectivity index (χ4v) is 2.54. The van der Waals surface area contributed by atoms with Crippen molar-refractivity contribution in [3.8, 4) is 0 Å². The van der Waals surface area contributed by atoms with Crippen LogP contribution >= 0.6 is 0 Å². The number of hydrogen-bond donors (Lipinski definition) is 1. The van der Waals surface area contributed by atoms with Crippen LogP contribution in [-0.4, -0.2) is 42.8 Å². The lowest BCUT2D eigenvalue weighted by Gasteiger charge is -2.23. The van der Waals surface area contributed by atoms with Gasteiger partial charge in [-0.1, -0.05) is 34.1 Å². The van der Waals surface area contributed by atoms with Crippen LogP contribution in [0.4, 0.5) is 0 Å². The number of hydrogen-bond acceptors (Lipinski definition) is 3. The number of nitrogens with one attached hydrogen (secondary N) is 1. The van der Waals surface area contributed by atoms with Crippen LogP contribution in [0.15, 0.2) is 0 Å². The molecule has 0 saturated carbocycles. The van der Waals surface area contributed by atoms with Crippen LogP contribution in [0.25, 0.3) is 0 Å². The number of carbonyl (C=O) groups is 1. The van der Waals surface area contributed by atoms with Gasteiger partial charge in [-0.15, -0.1) is 0 Å². The van der Waals surface area contributed by atoms with Crippen molar-refractivity contribution in [1.82, 2.24) is 10.2 Å². The van der Waals surface area contributed by atoms with Gasteiger partial charge in [0.25, 0.3) is 0 Å². The number of rotatable bonds is 9. The standard InChI is InChI=1S/C15H30N2O2/c1-5-8-13-16-14(12(3)4)15(18)17(13)9-7-11-19-10-6-2/h12-14,16H,5-11H2,1-4H3. The highest BCUT2D eigenvalue weighted by Crippen LogP contribution is 2.20. The van der Waals surface area contributed by atoms with E-state index in [-0.39, 0.29) is 18.1 Å². The Balaban J connectivity index is 2.44. The molecule has 0 aliphatic carbocycles. The molecule has 112 valence electrons. The molecule has 1 amide bonds. The van der Waals surface area contributed by atoms with Gasteiger partial charge < -0.3 is 9.64 Å². The maximum atomic E-state index is 12.4. The van der Waals surface area contributed by atoms with Crippen LogP contribution < -0.4 is 5.32 Å². The highest BCUT2D eigenvalue weighted by Gasteiger charge is 2.39. The molecule has 2 atom stereocenters. The van der Waals surface area contributed by atoms with E-state index in [1.165, 1.54) is 0 Å². The second-order valence-corrected chi connectivity index (χ2v) is 5.69. The molecule has 1 heterocycles. The van der Waals surface area contributed by atoms with Crippen molar-refractivity contribution in [1.29, 1.82) is 0 Å². The van der Waals surface area contributed by atoms with Gasteiger partial charge in [-0.05, 0) is 25.2 Å². The zero-order valence-electron chi connectivity index (χ0n) is 12.9. The van der Waals surface area contributed by atoms with Crippen molar-refractivity contribution in [3.63, 3.8) is 0 Å². The maximum Gasteiger partial charge on any atom is 0.241 e. The normalized spacial score (nSPS) is 23.6. The van der Waals surface area contributed by atoms with Gasteiger partial charge in [-0.25, -0.2) is 0 Å². The molecule has 0 aromatic heterocycles. The summed E-state index contributed by atoms with van der Waals surface area (Å²) in [6.07, 6.45) is 4.33. The predicted octanol–water partition coefficient (Wildman–Crippen LogP) is 2.39. The zero-order valence-corrected chi connectivity index (χ0v) is 12.9. The largest absolute Gasteiger partial charge is 0.381 e. The lowest BCUT2D eigenvalue weighted by Crippen LogP contribution is -2.38. The third kappa shape index (κ3) is 4.77. The van der Waals surface area contributed by atoms with Gasteiger partial charge in [-0.3, -0.25) is 10.1 Å². The van der Waals surface area contributed by atoms with Crippen molar-refractivity contribution >= 4 is 5.91 Å². The van der Waals surface area contributed by atoms with Crippen LogP contribution in [0.5, 0.6) is 0 Å². The molecule has 0 aromatic rings. The Kier molecular flexibility index (Phi) is 7.39. The molecule has 1 fully saturated rings. The molecule has 1 aliphatic heterocycles. The third-order valence-electron chi connectivity index (χ3n) is 3.56. The molecule has 4 heteroatoms. The predicted molar refractivity (Wildman–Crippen MR) is 77.9 cm³/mol. The molecule has 0 aromatic carbocycles. The van der Waals surface area contributed by atoms with Crippen molar-refractivity contribution in [3.05, 3.63) is 0 Å². The summed E-state index contributed by atoms with van der Waals surface area (Å²) in [6.45, 7) is 10.9. The topological polar surface area (TPSA) is 41.6 Å². The van der Waals surface area contributed by atoms with Crippen molar-refractivity contribution in [2.45, 2.75) is 65.6 Å². The minimum absolute atomic E-state index is 0.00638. The average molecular weight is 270 g/mol. The highest BCUT2D eigenvalue weighted by atomic mass is 16.5. The first-order valence-electron chi connectivity index (χ1n) is 7.76. The van der Waals surface area contributed by atoms with Gasteiger partial charge in [0.15, 0.2) is 0 Å². The summed E-state index contributed by atoms with van der Waals surface area (Å²) in [5, 5.41) is 3.48. The molecular weight excluding hydrogens is 240 g/mol. The van der Waals surface area contributed by atoms with E-state index in [1.807, 2.05) is 4.90 Å². The fraction of sp³-hybridized carbons (Fsp3) is 0.933. The lowest BCUT2D eigenvalue weighted by molar-refractivity contribution is -0.131. The van der Waals surface area contributed by atoms with E-state index in [1.54, 1.807) is 0 Å². The summed E-state index contributed by atoms with van der Waals surface area (Å²) < 4.78 is 5.49. The summed E-state index contributed by atoms with van der Waals surface area (Å²) in [5.74, 6) is 0.622. The molecule has 1 N–H and O–H groups in total. The van der Waals surface area contributed by atoms with Gasteiger partial charge in [0.1, 0.15) is 0 Å². The first-order chi connectivity index (χ1) is 9.11.